The summed E-state index contributed by atoms with van der Waals surface area (Å²) in [6.45, 7) is -0.187. The number of nitrogens with zero attached hydrogens (tertiary/aromatic N) is 2. The highest BCUT2D eigenvalue weighted by molar-refractivity contribution is 5.35. The normalized spacial score (nSPS) is 12.3. The van der Waals surface area contributed by atoms with E-state index in [1.165, 1.54) is 6.07 Å². The molecule has 1 aromatic heterocycles. The summed E-state index contributed by atoms with van der Waals surface area (Å²) in [5.41, 5.74) is 3.08. The van der Waals surface area contributed by atoms with Crippen LogP contribution in [-0.2, 0) is 6.54 Å². The minimum atomic E-state index is -2.81. The molecule has 0 fully saturated rings. The van der Waals surface area contributed by atoms with Crippen LogP contribution in [0.3, 0.4) is 0 Å². The molecule has 4 nitrogen and oxygen atoms in total. The number of imidazole rings is 1. The van der Waals surface area contributed by atoms with Gasteiger partial charge in [-0.05, 0) is 42.3 Å². The molecule has 3 aromatic rings. The van der Waals surface area contributed by atoms with Gasteiger partial charge in [-0.25, -0.2) is 4.98 Å². The third-order valence-corrected chi connectivity index (χ3v) is 3.93. The monoisotopic (exact) mass is 343 g/mol. The molecular weight excluding hydrogens is 324 g/mol. The van der Waals surface area contributed by atoms with Crippen molar-refractivity contribution in [3.8, 4) is 11.4 Å². The Bertz CT molecular complexity index is 789. The van der Waals surface area contributed by atoms with E-state index in [1.54, 1.807) is 24.7 Å². The van der Waals surface area contributed by atoms with Gasteiger partial charge >= 0.3 is 6.61 Å². The summed E-state index contributed by atoms with van der Waals surface area (Å²) in [4.78, 5) is 4.04. The first-order valence-corrected chi connectivity index (χ1v) is 7.97. The molecule has 0 saturated carbocycles. The average molecular weight is 343 g/mol. The molecule has 6 heteroatoms. The van der Waals surface area contributed by atoms with Crippen LogP contribution in [0.1, 0.15) is 24.1 Å². The van der Waals surface area contributed by atoms with E-state index in [4.69, 9.17) is 0 Å². The molecule has 1 unspecified atom stereocenters. The number of alkyl halides is 2. The van der Waals surface area contributed by atoms with Gasteiger partial charge in [0.05, 0.1) is 6.33 Å². The molecule has 0 spiro atoms. The van der Waals surface area contributed by atoms with Crippen molar-refractivity contribution in [2.24, 2.45) is 0 Å². The predicted molar refractivity (Wildman–Crippen MR) is 91.9 cm³/mol. The first-order chi connectivity index (χ1) is 12.1. The van der Waals surface area contributed by atoms with Gasteiger partial charge in [-0.3, -0.25) is 0 Å². The molecule has 0 radical (unpaired) electrons. The van der Waals surface area contributed by atoms with Gasteiger partial charge in [0.1, 0.15) is 5.75 Å². The molecule has 0 aliphatic carbocycles. The largest absolute Gasteiger partial charge is 0.435 e. The number of halogens is 2. The van der Waals surface area contributed by atoms with Crippen molar-refractivity contribution in [1.82, 2.24) is 14.9 Å². The van der Waals surface area contributed by atoms with Crippen molar-refractivity contribution in [2.45, 2.75) is 26.1 Å². The van der Waals surface area contributed by atoms with Gasteiger partial charge in [0.15, 0.2) is 0 Å². The molecule has 1 atom stereocenters. The molecule has 130 valence electrons. The van der Waals surface area contributed by atoms with E-state index in [0.29, 0.717) is 6.54 Å². The summed E-state index contributed by atoms with van der Waals surface area (Å²) >= 11 is 0. The fourth-order valence-corrected chi connectivity index (χ4v) is 2.57. The minimum Gasteiger partial charge on any atom is -0.435 e. The minimum absolute atomic E-state index is 0.122. The summed E-state index contributed by atoms with van der Waals surface area (Å²) in [6, 6.07) is 15.0. The van der Waals surface area contributed by atoms with Gasteiger partial charge in [-0.1, -0.05) is 24.3 Å². The third kappa shape index (κ3) is 4.64. The molecular formula is C19H19F2N3O. The number of hydrogen-bond donors (Lipinski definition) is 1. The number of hydrogen-bond acceptors (Lipinski definition) is 3. The van der Waals surface area contributed by atoms with E-state index in [9.17, 15) is 8.78 Å². The van der Waals surface area contributed by atoms with Crippen LogP contribution in [0.25, 0.3) is 5.69 Å². The predicted octanol–water partition coefficient (Wildman–Crippen LogP) is 4.32. The van der Waals surface area contributed by atoms with Crippen molar-refractivity contribution in [1.29, 1.82) is 0 Å². The fourth-order valence-electron chi connectivity index (χ4n) is 2.57. The smallest absolute Gasteiger partial charge is 0.387 e. The van der Waals surface area contributed by atoms with Crippen LogP contribution in [0.4, 0.5) is 8.78 Å². The third-order valence-electron chi connectivity index (χ3n) is 3.93. The van der Waals surface area contributed by atoms with Crippen LogP contribution in [-0.4, -0.2) is 16.2 Å². The number of ether oxygens (including phenoxy) is 1. The Hall–Kier alpha value is -2.73. The SMILES string of the molecule is CC(NCc1cccc(OC(F)F)c1)c1ccc(-n2ccnc2)cc1. The highest BCUT2D eigenvalue weighted by Gasteiger charge is 2.07. The molecule has 0 aliphatic heterocycles. The fraction of sp³-hybridized carbons (Fsp3) is 0.211. The van der Waals surface area contributed by atoms with Gasteiger partial charge < -0.3 is 14.6 Å². The lowest BCUT2D eigenvalue weighted by Gasteiger charge is -2.15. The first kappa shape index (κ1) is 17.1. The molecule has 3 rings (SSSR count). The van der Waals surface area contributed by atoms with Crippen LogP contribution in [0.5, 0.6) is 5.75 Å². The van der Waals surface area contributed by atoms with E-state index < -0.39 is 6.61 Å². The van der Waals surface area contributed by atoms with Crippen molar-refractivity contribution >= 4 is 0 Å². The van der Waals surface area contributed by atoms with Crippen LogP contribution in [0.15, 0.2) is 67.3 Å². The second kappa shape index (κ2) is 7.90. The van der Waals surface area contributed by atoms with Gasteiger partial charge in [-0.15, -0.1) is 0 Å². The number of rotatable bonds is 7. The maximum atomic E-state index is 12.3. The topological polar surface area (TPSA) is 39.1 Å². The van der Waals surface area contributed by atoms with Gasteiger partial charge in [0.2, 0.25) is 0 Å². The van der Waals surface area contributed by atoms with Crippen LogP contribution in [0.2, 0.25) is 0 Å². The molecule has 0 bridgehead atoms. The lowest BCUT2D eigenvalue weighted by atomic mass is 10.1. The van der Waals surface area contributed by atoms with Gasteiger partial charge in [0, 0.05) is 30.7 Å². The molecule has 0 aliphatic rings. The lowest BCUT2D eigenvalue weighted by Crippen LogP contribution is -2.18. The van der Waals surface area contributed by atoms with E-state index in [1.807, 2.05) is 29.0 Å². The summed E-state index contributed by atoms with van der Waals surface area (Å²) < 4.78 is 30.9. The second-order valence-corrected chi connectivity index (χ2v) is 5.69. The Morgan fingerprint density at radius 1 is 1.16 bits per heavy atom. The first-order valence-electron chi connectivity index (χ1n) is 7.97. The Balaban J connectivity index is 1.60. The second-order valence-electron chi connectivity index (χ2n) is 5.69. The zero-order chi connectivity index (χ0) is 17.6. The molecule has 0 saturated heterocycles. The standard InChI is InChI=1S/C19H19F2N3O/c1-14(16-5-7-17(8-6-16)24-10-9-22-13-24)23-12-15-3-2-4-18(11-15)25-19(20)21/h2-11,13-14,19,23H,12H2,1H3. The Morgan fingerprint density at radius 3 is 2.64 bits per heavy atom. The molecule has 25 heavy (non-hydrogen) atoms. The summed E-state index contributed by atoms with van der Waals surface area (Å²) in [6.07, 6.45) is 5.39. The zero-order valence-electron chi connectivity index (χ0n) is 13.8. The van der Waals surface area contributed by atoms with E-state index in [0.717, 1.165) is 16.8 Å². The Kier molecular flexibility index (Phi) is 5.40. The molecule has 2 aromatic carbocycles. The van der Waals surface area contributed by atoms with Crippen molar-refractivity contribution in [3.63, 3.8) is 0 Å². The van der Waals surface area contributed by atoms with E-state index in [2.05, 4.69) is 34.1 Å². The highest BCUT2D eigenvalue weighted by atomic mass is 19.3. The maximum absolute atomic E-state index is 12.3. The molecule has 1 N–H and O–H groups in total. The van der Waals surface area contributed by atoms with Crippen molar-refractivity contribution < 1.29 is 13.5 Å². The van der Waals surface area contributed by atoms with Crippen LogP contribution < -0.4 is 10.1 Å². The van der Waals surface area contributed by atoms with Gasteiger partial charge in [0.25, 0.3) is 0 Å². The van der Waals surface area contributed by atoms with Crippen LogP contribution >= 0.6 is 0 Å². The lowest BCUT2D eigenvalue weighted by molar-refractivity contribution is -0.0498. The molecule has 1 heterocycles. The summed E-state index contributed by atoms with van der Waals surface area (Å²) in [7, 11) is 0. The van der Waals surface area contributed by atoms with Crippen LogP contribution in [0, 0.1) is 0 Å². The number of benzene rings is 2. The van der Waals surface area contributed by atoms with Crippen molar-refractivity contribution in [3.05, 3.63) is 78.4 Å². The Labute approximate surface area is 145 Å². The zero-order valence-corrected chi connectivity index (χ0v) is 13.8. The quantitative estimate of drug-likeness (QED) is 0.694. The van der Waals surface area contributed by atoms with Gasteiger partial charge in [-0.2, -0.15) is 8.78 Å². The van der Waals surface area contributed by atoms with Crippen molar-refractivity contribution in [2.75, 3.05) is 0 Å². The average Bonchev–Trinajstić information content (AvgIpc) is 3.14. The molecule has 0 amide bonds. The summed E-state index contributed by atoms with van der Waals surface area (Å²) in [5, 5.41) is 3.39. The summed E-state index contributed by atoms with van der Waals surface area (Å²) in [5.74, 6) is 0.173. The highest BCUT2D eigenvalue weighted by Crippen LogP contribution is 2.19. The Morgan fingerprint density at radius 2 is 1.96 bits per heavy atom. The maximum Gasteiger partial charge on any atom is 0.387 e. The van der Waals surface area contributed by atoms with E-state index >= 15 is 0 Å². The van der Waals surface area contributed by atoms with E-state index in [-0.39, 0.29) is 11.8 Å². The number of aromatic nitrogens is 2. The number of nitrogens with one attached hydrogen (secondary N) is 1.